The van der Waals surface area contributed by atoms with E-state index in [2.05, 4.69) is 5.32 Å². The van der Waals surface area contributed by atoms with E-state index in [1.54, 1.807) is 0 Å². The SMILES string of the molecule is C[C@H](C(=O)NC1CCCCC1)N(C)C[C@H](O)COCc1ccccc1. The van der Waals surface area contributed by atoms with Gasteiger partial charge in [-0.2, -0.15) is 0 Å². The van der Waals surface area contributed by atoms with Crippen molar-refractivity contribution in [3.8, 4) is 0 Å². The lowest BCUT2D eigenvalue weighted by molar-refractivity contribution is -0.127. The monoisotopic (exact) mass is 348 g/mol. The predicted octanol–water partition coefficient (Wildman–Crippen LogP) is 2.33. The molecule has 1 aromatic rings. The summed E-state index contributed by atoms with van der Waals surface area (Å²) in [6, 6.07) is 9.95. The van der Waals surface area contributed by atoms with Gasteiger partial charge in [0.2, 0.25) is 5.91 Å². The van der Waals surface area contributed by atoms with Crippen LogP contribution in [0.3, 0.4) is 0 Å². The molecule has 0 aromatic heterocycles. The molecule has 1 aliphatic carbocycles. The molecule has 2 atom stereocenters. The highest BCUT2D eigenvalue weighted by atomic mass is 16.5. The van der Waals surface area contributed by atoms with Crippen LogP contribution < -0.4 is 5.32 Å². The zero-order chi connectivity index (χ0) is 18.1. The number of hydrogen-bond acceptors (Lipinski definition) is 4. The second kappa shape index (κ2) is 10.5. The maximum atomic E-state index is 12.4. The van der Waals surface area contributed by atoms with Gasteiger partial charge in [0, 0.05) is 12.6 Å². The highest BCUT2D eigenvalue weighted by Crippen LogP contribution is 2.17. The molecule has 2 rings (SSSR count). The van der Waals surface area contributed by atoms with Gasteiger partial charge in [-0.3, -0.25) is 9.69 Å². The summed E-state index contributed by atoms with van der Waals surface area (Å²) < 4.78 is 5.57. The van der Waals surface area contributed by atoms with Gasteiger partial charge in [0.25, 0.3) is 0 Å². The van der Waals surface area contributed by atoms with Gasteiger partial charge in [0.15, 0.2) is 0 Å². The summed E-state index contributed by atoms with van der Waals surface area (Å²) >= 11 is 0. The van der Waals surface area contributed by atoms with Crippen LogP contribution in [0.2, 0.25) is 0 Å². The molecule has 5 nitrogen and oxygen atoms in total. The molecule has 0 bridgehead atoms. The number of aliphatic hydroxyl groups excluding tert-OH is 1. The van der Waals surface area contributed by atoms with Gasteiger partial charge in [-0.15, -0.1) is 0 Å². The van der Waals surface area contributed by atoms with Gasteiger partial charge in [0.05, 0.1) is 25.4 Å². The highest BCUT2D eigenvalue weighted by Gasteiger charge is 2.23. The third-order valence-electron chi connectivity index (χ3n) is 4.91. The summed E-state index contributed by atoms with van der Waals surface area (Å²) in [5, 5.41) is 13.3. The fourth-order valence-corrected chi connectivity index (χ4v) is 3.20. The molecule has 1 fully saturated rings. The number of nitrogens with one attached hydrogen (secondary N) is 1. The van der Waals surface area contributed by atoms with Crippen LogP contribution in [-0.2, 0) is 16.1 Å². The average molecular weight is 348 g/mol. The Balaban J connectivity index is 1.66. The van der Waals surface area contributed by atoms with Crippen LogP contribution in [0.1, 0.15) is 44.6 Å². The summed E-state index contributed by atoms with van der Waals surface area (Å²) in [6.45, 7) is 3.04. The zero-order valence-corrected chi connectivity index (χ0v) is 15.5. The van der Waals surface area contributed by atoms with Crippen molar-refractivity contribution in [3.63, 3.8) is 0 Å². The van der Waals surface area contributed by atoms with Gasteiger partial charge in [-0.1, -0.05) is 49.6 Å². The minimum atomic E-state index is -0.612. The standard InChI is InChI=1S/C20H32N2O3/c1-16(20(24)21-18-11-7-4-8-12-18)22(2)13-19(23)15-25-14-17-9-5-3-6-10-17/h3,5-6,9-10,16,18-19,23H,4,7-8,11-15H2,1-2H3,(H,21,24)/t16-,19+/m1/s1. The van der Waals surface area contributed by atoms with Crippen molar-refractivity contribution < 1.29 is 14.6 Å². The number of benzene rings is 1. The highest BCUT2D eigenvalue weighted by molar-refractivity contribution is 5.81. The molecule has 1 saturated carbocycles. The largest absolute Gasteiger partial charge is 0.389 e. The molecule has 0 heterocycles. The number of carbonyl (C=O) groups excluding carboxylic acids is 1. The summed E-state index contributed by atoms with van der Waals surface area (Å²) in [5.74, 6) is 0.0480. The number of aliphatic hydroxyl groups is 1. The summed E-state index contributed by atoms with van der Waals surface area (Å²) in [7, 11) is 1.87. The number of amides is 1. The Bertz CT molecular complexity index is 503. The first-order chi connectivity index (χ1) is 12.1. The molecule has 1 amide bonds. The van der Waals surface area contributed by atoms with E-state index in [-0.39, 0.29) is 18.6 Å². The second-order valence-electron chi connectivity index (χ2n) is 7.11. The van der Waals surface area contributed by atoms with Crippen molar-refractivity contribution in [2.75, 3.05) is 20.2 Å². The van der Waals surface area contributed by atoms with Gasteiger partial charge in [0.1, 0.15) is 0 Å². The summed E-state index contributed by atoms with van der Waals surface area (Å²) in [5.41, 5.74) is 1.09. The lowest BCUT2D eigenvalue weighted by Gasteiger charge is -2.29. The molecular formula is C20H32N2O3. The van der Waals surface area contributed by atoms with Crippen LogP contribution in [0.4, 0.5) is 0 Å². The number of nitrogens with zero attached hydrogens (tertiary/aromatic N) is 1. The minimum absolute atomic E-state index is 0.0480. The second-order valence-corrected chi connectivity index (χ2v) is 7.11. The Morgan fingerprint density at radius 3 is 2.64 bits per heavy atom. The van der Waals surface area contributed by atoms with E-state index in [0.29, 0.717) is 19.2 Å². The summed E-state index contributed by atoms with van der Waals surface area (Å²) in [4.78, 5) is 14.3. The van der Waals surface area contributed by atoms with Gasteiger partial charge in [-0.25, -0.2) is 0 Å². The Labute approximate surface area is 151 Å². The molecular weight excluding hydrogens is 316 g/mol. The average Bonchev–Trinajstić information content (AvgIpc) is 2.62. The number of ether oxygens (including phenoxy) is 1. The smallest absolute Gasteiger partial charge is 0.237 e. The molecule has 140 valence electrons. The van der Waals surface area contributed by atoms with Crippen molar-refractivity contribution in [1.82, 2.24) is 10.2 Å². The third-order valence-corrected chi connectivity index (χ3v) is 4.91. The normalized spacial score (nSPS) is 18.1. The van der Waals surface area contributed by atoms with Crippen LogP contribution in [0.15, 0.2) is 30.3 Å². The Morgan fingerprint density at radius 2 is 1.96 bits per heavy atom. The minimum Gasteiger partial charge on any atom is -0.389 e. The van der Waals surface area contributed by atoms with Crippen LogP contribution in [0.5, 0.6) is 0 Å². The number of likely N-dealkylation sites (N-methyl/N-ethyl adjacent to an activating group) is 1. The van der Waals surface area contributed by atoms with Crippen LogP contribution in [-0.4, -0.2) is 54.3 Å². The molecule has 0 radical (unpaired) electrons. The number of hydrogen-bond donors (Lipinski definition) is 2. The lowest BCUT2D eigenvalue weighted by atomic mass is 9.95. The lowest BCUT2D eigenvalue weighted by Crippen LogP contribution is -2.49. The van der Waals surface area contributed by atoms with Gasteiger partial charge >= 0.3 is 0 Å². The maximum absolute atomic E-state index is 12.4. The fourth-order valence-electron chi connectivity index (χ4n) is 3.20. The first-order valence-corrected chi connectivity index (χ1v) is 9.36. The molecule has 1 aromatic carbocycles. The van der Waals surface area contributed by atoms with Crippen LogP contribution in [0, 0.1) is 0 Å². The van der Waals surface area contributed by atoms with Crippen LogP contribution in [0.25, 0.3) is 0 Å². The van der Waals surface area contributed by atoms with Crippen molar-refractivity contribution >= 4 is 5.91 Å². The topological polar surface area (TPSA) is 61.8 Å². The molecule has 25 heavy (non-hydrogen) atoms. The number of rotatable bonds is 9. The molecule has 2 N–H and O–H groups in total. The van der Waals surface area contributed by atoms with Crippen molar-refractivity contribution in [3.05, 3.63) is 35.9 Å². The van der Waals surface area contributed by atoms with Crippen LogP contribution >= 0.6 is 0 Å². The first-order valence-electron chi connectivity index (χ1n) is 9.36. The fraction of sp³-hybridized carbons (Fsp3) is 0.650. The Kier molecular flexibility index (Phi) is 8.38. The molecule has 0 saturated heterocycles. The van der Waals surface area contributed by atoms with E-state index in [1.165, 1.54) is 19.3 Å². The first kappa shape index (κ1) is 19.9. The van der Waals surface area contributed by atoms with Crippen molar-refractivity contribution in [1.29, 1.82) is 0 Å². The zero-order valence-electron chi connectivity index (χ0n) is 15.5. The third kappa shape index (κ3) is 7.14. The molecule has 1 aliphatic rings. The number of carbonyl (C=O) groups is 1. The van der Waals surface area contributed by atoms with E-state index in [1.807, 2.05) is 49.2 Å². The molecule has 0 spiro atoms. The van der Waals surface area contributed by atoms with E-state index in [9.17, 15) is 9.90 Å². The molecule has 0 aliphatic heterocycles. The van der Waals surface area contributed by atoms with Gasteiger partial charge < -0.3 is 15.2 Å². The van der Waals surface area contributed by atoms with E-state index < -0.39 is 6.10 Å². The summed E-state index contributed by atoms with van der Waals surface area (Å²) in [6.07, 6.45) is 5.23. The van der Waals surface area contributed by atoms with E-state index in [4.69, 9.17) is 4.74 Å². The quantitative estimate of drug-likeness (QED) is 0.719. The van der Waals surface area contributed by atoms with Gasteiger partial charge in [-0.05, 0) is 32.4 Å². The van der Waals surface area contributed by atoms with E-state index in [0.717, 1.165) is 18.4 Å². The Morgan fingerprint density at radius 1 is 1.28 bits per heavy atom. The van der Waals surface area contributed by atoms with Crippen molar-refractivity contribution in [2.45, 2.75) is 63.8 Å². The maximum Gasteiger partial charge on any atom is 0.237 e. The van der Waals surface area contributed by atoms with Crippen molar-refractivity contribution in [2.24, 2.45) is 0 Å². The molecule has 0 unspecified atom stereocenters. The molecule has 5 heteroatoms. The predicted molar refractivity (Wildman–Crippen MR) is 99.2 cm³/mol. The van der Waals surface area contributed by atoms with E-state index >= 15 is 0 Å². The Hall–Kier alpha value is -1.43.